The van der Waals surface area contributed by atoms with Crippen LogP contribution in [0.3, 0.4) is 0 Å². The SMILES string of the molecule is [2H]C([2H])([2H])C([2H])([2H])C([2H])([2H])C([2H])([2H])C([2H])([2H])C([2H])([2H])C([2H])([2H])C([2H])([2H])C([2H])([2H])C([2H])([2H])C([2H])([2H])[N+](C)(C)C. The Morgan fingerprint density at radius 3 is 1.73 bits per heavy atom. The van der Waals surface area contributed by atoms with Crippen molar-refractivity contribution in [3.8, 4) is 0 Å². The van der Waals surface area contributed by atoms with Crippen LogP contribution in [-0.2, 0) is 0 Å². The van der Waals surface area contributed by atoms with Crippen LogP contribution in [0.2, 0.25) is 0 Å². The fourth-order valence-corrected chi connectivity index (χ4v) is 0.414. The van der Waals surface area contributed by atoms with Crippen LogP contribution < -0.4 is 0 Å². The van der Waals surface area contributed by atoms with Crippen molar-refractivity contribution in [2.45, 2.75) is 64.2 Å². The number of hydrogen-bond donors (Lipinski definition) is 0. The van der Waals surface area contributed by atoms with E-state index in [1.807, 2.05) is 0 Å². The van der Waals surface area contributed by atoms with E-state index in [4.69, 9.17) is 31.5 Å². The highest BCUT2D eigenvalue weighted by Crippen LogP contribution is 2.10. The third kappa shape index (κ3) is 14.0. The Balaban J connectivity index is 7.29. The van der Waals surface area contributed by atoms with Gasteiger partial charge in [0.2, 0.25) is 0 Å². The molecule has 0 heterocycles. The monoisotopic (exact) mass is 237 g/mol. The first-order valence-electron chi connectivity index (χ1n) is 15.6. The Morgan fingerprint density at radius 1 is 0.800 bits per heavy atom. The van der Waals surface area contributed by atoms with E-state index in [9.17, 15) is 0 Å². The van der Waals surface area contributed by atoms with Gasteiger partial charge in [0, 0.05) is 28.8 Å². The van der Waals surface area contributed by atoms with Gasteiger partial charge in [0.1, 0.15) is 0 Å². The normalized spacial score (nSPS) is 45.1. The molecule has 15 heavy (non-hydrogen) atoms. The van der Waals surface area contributed by atoms with Crippen LogP contribution in [0.1, 0.15) is 95.7 Å². The highest BCUT2D eigenvalue weighted by atomic mass is 15.3. The standard InChI is InChI=1S/C14H32N/c1-5-6-7-8-9-10-11-12-13-14-15(2,3)4/h5-14H2,1-4H3/q+1/i1D3,5D2,6D2,7D2,8D2,9D2,10D2,11D2,12D2,13D2,14D2. The van der Waals surface area contributed by atoms with Crippen LogP contribution >= 0.6 is 0 Å². The zero-order valence-corrected chi connectivity index (χ0v) is 8.95. The smallest absolute Gasteiger partial charge is 0.0924 e. The Morgan fingerprint density at radius 2 is 1.27 bits per heavy atom. The molecule has 0 rings (SSSR count). The van der Waals surface area contributed by atoms with Gasteiger partial charge in [-0.05, 0) is 12.7 Å². The predicted molar refractivity (Wildman–Crippen MR) is 70.1 cm³/mol. The van der Waals surface area contributed by atoms with Crippen molar-refractivity contribution in [1.29, 1.82) is 0 Å². The van der Waals surface area contributed by atoms with Gasteiger partial charge in [-0.15, -0.1) is 0 Å². The summed E-state index contributed by atoms with van der Waals surface area (Å²) in [5.74, 6) is 0. The predicted octanol–water partition coefficient (Wildman–Crippen LogP) is 4.22. The number of rotatable bonds is 10. The molecule has 1 heteroatoms. The Bertz CT molecular complexity index is 800. The third-order valence-electron chi connectivity index (χ3n) is 0.891. The van der Waals surface area contributed by atoms with E-state index in [0.29, 0.717) is 0 Å². The lowest BCUT2D eigenvalue weighted by molar-refractivity contribution is -0.870. The molecule has 0 fully saturated rings. The van der Waals surface area contributed by atoms with Crippen molar-refractivity contribution in [2.24, 2.45) is 0 Å². The second-order valence-electron chi connectivity index (χ2n) is 3.25. The summed E-state index contributed by atoms with van der Waals surface area (Å²) in [6.07, 6.45) is -40.0. The van der Waals surface area contributed by atoms with E-state index in [-0.39, 0.29) is 0 Å². The third-order valence-corrected chi connectivity index (χ3v) is 0.891. The summed E-state index contributed by atoms with van der Waals surface area (Å²) < 4.78 is 180. The minimum atomic E-state index is -4.67. The largest absolute Gasteiger partial charge is 0.331 e. The summed E-state index contributed by atoms with van der Waals surface area (Å²) in [5.41, 5.74) is 0. The zero-order chi connectivity index (χ0) is 32.0. The molecule has 0 bridgehead atoms. The van der Waals surface area contributed by atoms with Crippen LogP contribution in [0.5, 0.6) is 0 Å². The highest BCUT2D eigenvalue weighted by Gasteiger charge is 2.04. The lowest BCUT2D eigenvalue weighted by Crippen LogP contribution is -2.35. The fourth-order valence-electron chi connectivity index (χ4n) is 0.414. The average molecular weight is 238 g/mol. The lowest BCUT2D eigenvalue weighted by atomic mass is 10.1. The van der Waals surface area contributed by atoms with Crippen molar-refractivity contribution in [1.82, 2.24) is 0 Å². The number of hydrogen-bond acceptors (Lipinski definition) is 0. The molecule has 0 saturated heterocycles. The van der Waals surface area contributed by atoms with E-state index in [1.54, 1.807) is 0 Å². The minimum Gasteiger partial charge on any atom is -0.331 e. The van der Waals surface area contributed by atoms with Gasteiger partial charge in [0.25, 0.3) is 0 Å². The summed E-state index contributed by atoms with van der Waals surface area (Å²) in [5, 5.41) is 0. The minimum absolute atomic E-state index is 1.00. The molecule has 0 spiro atoms. The maximum atomic E-state index is 8.11. The molecule has 92 valence electrons. The summed E-state index contributed by atoms with van der Waals surface area (Å²) in [6.45, 7) is -7.27. The molecular weight excluding hydrogens is 182 g/mol. The quantitative estimate of drug-likeness (QED) is 0.499. The van der Waals surface area contributed by atoms with Gasteiger partial charge >= 0.3 is 0 Å². The summed E-state index contributed by atoms with van der Waals surface area (Å²) in [7, 11) is 3.18. The lowest BCUT2D eigenvalue weighted by Gasteiger charge is -2.23. The molecular formula is C14H32N+. The molecule has 0 aromatic heterocycles. The molecule has 0 aromatic rings. The zero-order valence-electron chi connectivity index (χ0n) is 31.9. The van der Waals surface area contributed by atoms with Crippen LogP contribution in [0.15, 0.2) is 0 Å². The molecule has 0 amide bonds. The fraction of sp³-hybridized carbons (Fsp3) is 1.00. The van der Waals surface area contributed by atoms with Crippen LogP contribution in [0.25, 0.3) is 0 Å². The van der Waals surface area contributed by atoms with Gasteiger partial charge in [-0.25, -0.2) is 0 Å². The number of quaternary nitrogens is 1. The van der Waals surface area contributed by atoms with E-state index >= 15 is 0 Å². The summed E-state index contributed by atoms with van der Waals surface area (Å²) >= 11 is 0. The molecule has 1 nitrogen and oxygen atoms in total. The summed E-state index contributed by atoms with van der Waals surface area (Å²) in [4.78, 5) is 0. The molecule has 0 aliphatic heterocycles. The highest BCUT2D eigenvalue weighted by molar-refractivity contribution is 4.46. The van der Waals surface area contributed by atoms with E-state index in [1.165, 1.54) is 0 Å². The van der Waals surface area contributed by atoms with Gasteiger partial charge in [-0.2, -0.15) is 0 Å². The van der Waals surface area contributed by atoms with Crippen molar-refractivity contribution in [2.75, 3.05) is 27.6 Å². The van der Waals surface area contributed by atoms with Crippen molar-refractivity contribution >= 4 is 0 Å². The molecule has 0 atom stereocenters. The van der Waals surface area contributed by atoms with Crippen LogP contribution in [0.4, 0.5) is 0 Å². The van der Waals surface area contributed by atoms with Gasteiger partial charge < -0.3 is 4.48 Å². The van der Waals surface area contributed by atoms with Gasteiger partial charge in [0.15, 0.2) is 0 Å². The summed E-state index contributed by atoms with van der Waals surface area (Å²) in [6, 6.07) is 0. The second kappa shape index (κ2) is 9.21. The topological polar surface area (TPSA) is 0 Å². The molecule has 0 saturated carbocycles. The number of nitrogens with zero attached hydrogens (tertiary/aromatic N) is 1. The van der Waals surface area contributed by atoms with E-state index in [2.05, 4.69) is 0 Å². The molecule has 0 unspecified atom stereocenters. The first-order chi connectivity index (χ1) is 15.8. The van der Waals surface area contributed by atoms with Gasteiger partial charge in [-0.3, -0.25) is 0 Å². The van der Waals surface area contributed by atoms with Crippen molar-refractivity contribution in [3.63, 3.8) is 0 Å². The first kappa shape index (κ1) is 2.13. The van der Waals surface area contributed by atoms with Crippen molar-refractivity contribution < 1.29 is 36.0 Å². The first-order valence-corrected chi connectivity index (χ1v) is 4.07. The molecule has 0 aliphatic carbocycles. The van der Waals surface area contributed by atoms with Crippen LogP contribution in [-0.4, -0.2) is 32.1 Å². The second-order valence-corrected chi connectivity index (χ2v) is 3.25. The van der Waals surface area contributed by atoms with E-state index < -0.39 is 75.2 Å². The molecule has 0 aliphatic rings. The Kier molecular flexibility index (Phi) is 1.31. The maximum Gasteiger partial charge on any atom is 0.0924 e. The Hall–Kier alpha value is -0.0400. The molecule has 0 aromatic carbocycles. The molecule has 0 radical (unpaired) electrons. The van der Waals surface area contributed by atoms with Crippen molar-refractivity contribution in [3.05, 3.63) is 0 Å². The Labute approximate surface area is 130 Å². The van der Waals surface area contributed by atoms with Gasteiger partial charge in [0.05, 0.1) is 30.4 Å². The average Bonchev–Trinajstić information content (AvgIpc) is 2.64. The maximum absolute atomic E-state index is 8.11. The van der Waals surface area contributed by atoms with Crippen LogP contribution in [0, 0.1) is 0 Å². The molecule has 0 N–H and O–H groups in total. The van der Waals surface area contributed by atoms with E-state index in [0.717, 1.165) is 21.1 Å². The van der Waals surface area contributed by atoms with Gasteiger partial charge in [-0.1, -0.05) is 51.5 Å².